The number of hydrogen-bond acceptors (Lipinski definition) is 2. The summed E-state index contributed by atoms with van der Waals surface area (Å²) in [6.07, 6.45) is 0.574. The zero-order valence-corrected chi connectivity index (χ0v) is 10.5. The van der Waals surface area contributed by atoms with Crippen LogP contribution in [0.4, 0.5) is 0 Å². The van der Waals surface area contributed by atoms with Gasteiger partial charge in [-0.05, 0) is 24.8 Å². The summed E-state index contributed by atoms with van der Waals surface area (Å²) in [5.74, 6) is 0.463. The summed E-state index contributed by atoms with van der Waals surface area (Å²) in [5.41, 5.74) is 1.34. The predicted octanol–water partition coefficient (Wildman–Crippen LogP) is 2.54. The van der Waals surface area contributed by atoms with Gasteiger partial charge in [-0.2, -0.15) is 0 Å². The fourth-order valence-electron chi connectivity index (χ4n) is 1.69. The lowest BCUT2D eigenvalue weighted by atomic mass is 9.94. The van der Waals surface area contributed by atoms with Crippen molar-refractivity contribution in [2.75, 3.05) is 6.54 Å². The summed E-state index contributed by atoms with van der Waals surface area (Å²) in [6.45, 7) is 7.05. The largest absolute Gasteiger partial charge is 0.392 e. The van der Waals surface area contributed by atoms with Crippen LogP contribution in [-0.2, 0) is 0 Å². The molecule has 1 aromatic rings. The number of hydrogen-bond donors (Lipinski definition) is 2. The number of benzene rings is 1. The van der Waals surface area contributed by atoms with Crippen molar-refractivity contribution >= 4 is 0 Å². The normalized spacial score (nSPS) is 16.8. The van der Waals surface area contributed by atoms with Crippen molar-refractivity contribution in [1.29, 1.82) is 0 Å². The summed E-state index contributed by atoms with van der Waals surface area (Å²) in [5, 5.41) is 12.9. The van der Waals surface area contributed by atoms with Gasteiger partial charge in [0.05, 0.1) is 6.10 Å². The molecule has 2 heteroatoms. The molecular formula is C14H23NO. The summed E-state index contributed by atoms with van der Waals surface area (Å²) in [6, 6.07) is 10.9. The Labute approximate surface area is 98.7 Å². The maximum absolute atomic E-state index is 9.50. The molecule has 0 saturated carbocycles. The third-order valence-corrected chi connectivity index (χ3v) is 3.22. The van der Waals surface area contributed by atoms with E-state index in [-0.39, 0.29) is 6.10 Å². The van der Waals surface area contributed by atoms with Crippen LogP contribution >= 0.6 is 0 Å². The molecule has 0 unspecified atom stereocenters. The Balaban J connectivity index is 2.45. The topological polar surface area (TPSA) is 32.3 Å². The van der Waals surface area contributed by atoms with Crippen LogP contribution in [0.2, 0.25) is 0 Å². The average Bonchev–Trinajstić information content (AvgIpc) is 2.35. The molecule has 0 amide bonds. The molecule has 2 N–H and O–H groups in total. The van der Waals surface area contributed by atoms with Crippen LogP contribution < -0.4 is 5.32 Å². The first-order valence-corrected chi connectivity index (χ1v) is 6.11. The van der Waals surface area contributed by atoms with Crippen molar-refractivity contribution in [3.8, 4) is 0 Å². The molecule has 1 rings (SSSR count). The minimum absolute atomic E-state index is 0.231. The molecule has 0 fully saturated rings. The zero-order valence-electron chi connectivity index (χ0n) is 10.5. The Kier molecular flexibility index (Phi) is 5.50. The van der Waals surface area contributed by atoms with Crippen molar-refractivity contribution in [2.24, 2.45) is 0 Å². The maximum Gasteiger partial charge on any atom is 0.0662 e. The summed E-state index contributed by atoms with van der Waals surface area (Å²) < 4.78 is 0. The Morgan fingerprint density at radius 1 is 1.19 bits per heavy atom. The van der Waals surface area contributed by atoms with Crippen molar-refractivity contribution in [1.82, 2.24) is 5.32 Å². The monoisotopic (exact) mass is 221 g/mol. The molecule has 0 bridgehead atoms. The van der Waals surface area contributed by atoms with E-state index in [1.165, 1.54) is 5.56 Å². The van der Waals surface area contributed by atoms with Gasteiger partial charge in [0.1, 0.15) is 0 Å². The Hall–Kier alpha value is -0.860. The highest BCUT2D eigenvalue weighted by molar-refractivity contribution is 5.20. The number of aliphatic hydroxyl groups is 1. The van der Waals surface area contributed by atoms with E-state index >= 15 is 0 Å². The quantitative estimate of drug-likeness (QED) is 0.773. The van der Waals surface area contributed by atoms with Gasteiger partial charge in [0, 0.05) is 12.6 Å². The lowest BCUT2D eigenvalue weighted by molar-refractivity contribution is 0.162. The van der Waals surface area contributed by atoms with E-state index in [2.05, 4.69) is 43.4 Å². The van der Waals surface area contributed by atoms with Gasteiger partial charge in [0.15, 0.2) is 0 Å². The van der Waals surface area contributed by atoms with Crippen LogP contribution in [0.25, 0.3) is 0 Å². The first-order chi connectivity index (χ1) is 7.65. The summed E-state index contributed by atoms with van der Waals surface area (Å²) in [4.78, 5) is 0. The highest BCUT2D eigenvalue weighted by Crippen LogP contribution is 2.18. The van der Waals surface area contributed by atoms with Crippen molar-refractivity contribution in [3.05, 3.63) is 35.9 Å². The second kappa shape index (κ2) is 6.66. The van der Waals surface area contributed by atoms with Gasteiger partial charge in [0.25, 0.3) is 0 Å². The molecule has 0 aliphatic carbocycles. The fraction of sp³-hybridized carbons (Fsp3) is 0.571. The molecule has 0 aliphatic heterocycles. The van der Waals surface area contributed by atoms with E-state index in [0.717, 1.165) is 6.42 Å². The van der Waals surface area contributed by atoms with E-state index in [0.29, 0.717) is 18.5 Å². The van der Waals surface area contributed by atoms with Crippen LogP contribution in [0.3, 0.4) is 0 Å². The second-order valence-corrected chi connectivity index (χ2v) is 4.46. The van der Waals surface area contributed by atoms with Crippen molar-refractivity contribution in [3.63, 3.8) is 0 Å². The molecule has 0 saturated heterocycles. The molecular weight excluding hydrogens is 198 g/mol. The fourth-order valence-corrected chi connectivity index (χ4v) is 1.69. The van der Waals surface area contributed by atoms with Crippen LogP contribution in [0.1, 0.15) is 38.7 Å². The Bertz CT molecular complexity index is 286. The highest BCUT2D eigenvalue weighted by Gasteiger charge is 2.14. The highest BCUT2D eigenvalue weighted by atomic mass is 16.3. The average molecular weight is 221 g/mol. The van der Waals surface area contributed by atoms with E-state index in [1.54, 1.807) is 0 Å². The van der Waals surface area contributed by atoms with Gasteiger partial charge >= 0.3 is 0 Å². The lowest BCUT2D eigenvalue weighted by Gasteiger charge is -2.23. The first-order valence-electron chi connectivity index (χ1n) is 6.11. The van der Waals surface area contributed by atoms with E-state index in [4.69, 9.17) is 0 Å². The Morgan fingerprint density at radius 3 is 2.38 bits per heavy atom. The SMILES string of the molecule is CC[C@@H](O)CN[C@H](C)[C@H](C)c1ccccc1. The Morgan fingerprint density at radius 2 is 1.81 bits per heavy atom. The van der Waals surface area contributed by atoms with Gasteiger partial charge in [-0.25, -0.2) is 0 Å². The molecule has 3 atom stereocenters. The molecule has 90 valence electrons. The van der Waals surface area contributed by atoms with Crippen molar-refractivity contribution in [2.45, 2.75) is 45.3 Å². The molecule has 0 aromatic heterocycles. The first kappa shape index (κ1) is 13.2. The molecule has 1 aromatic carbocycles. The maximum atomic E-state index is 9.50. The van der Waals surface area contributed by atoms with Crippen LogP contribution in [-0.4, -0.2) is 23.8 Å². The smallest absolute Gasteiger partial charge is 0.0662 e. The minimum atomic E-state index is -0.231. The molecule has 0 radical (unpaired) electrons. The third-order valence-electron chi connectivity index (χ3n) is 3.22. The van der Waals surface area contributed by atoms with E-state index in [9.17, 15) is 5.11 Å². The van der Waals surface area contributed by atoms with Crippen molar-refractivity contribution < 1.29 is 5.11 Å². The molecule has 16 heavy (non-hydrogen) atoms. The third kappa shape index (κ3) is 3.95. The van der Waals surface area contributed by atoms with Crippen LogP contribution in [0.15, 0.2) is 30.3 Å². The number of nitrogens with one attached hydrogen (secondary N) is 1. The van der Waals surface area contributed by atoms with Gasteiger partial charge in [-0.3, -0.25) is 0 Å². The van der Waals surface area contributed by atoms with E-state index in [1.807, 2.05) is 13.0 Å². The van der Waals surface area contributed by atoms with Gasteiger partial charge < -0.3 is 10.4 Å². The van der Waals surface area contributed by atoms with Gasteiger partial charge in [-0.15, -0.1) is 0 Å². The van der Waals surface area contributed by atoms with Crippen LogP contribution in [0, 0.1) is 0 Å². The van der Waals surface area contributed by atoms with Gasteiger partial charge in [0.2, 0.25) is 0 Å². The summed E-state index contributed by atoms with van der Waals surface area (Å²) in [7, 11) is 0. The second-order valence-electron chi connectivity index (χ2n) is 4.46. The molecule has 0 spiro atoms. The van der Waals surface area contributed by atoms with E-state index < -0.39 is 0 Å². The minimum Gasteiger partial charge on any atom is -0.392 e. The molecule has 0 heterocycles. The predicted molar refractivity (Wildman–Crippen MR) is 68.6 cm³/mol. The number of rotatable bonds is 6. The van der Waals surface area contributed by atoms with Crippen LogP contribution in [0.5, 0.6) is 0 Å². The molecule has 0 aliphatic rings. The zero-order chi connectivity index (χ0) is 12.0. The lowest BCUT2D eigenvalue weighted by Crippen LogP contribution is -2.36. The van der Waals surface area contributed by atoms with Gasteiger partial charge in [-0.1, -0.05) is 44.2 Å². The standard InChI is InChI=1S/C14H23NO/c1-4-14(16)10-15-12(3)11(2)13-8-6-5-7-9-13/h5-9,11-12,14-16H,4,10H2,1-3H3/t11-,12+,14+/m0/s1. The molecule has 2 nitrogen and oxygen atoms in total. The number of aliphatic hydroxyl groups excluding tert-OH is 1. The summed E-state index contributed by atoms with van der Waals surface area (Å²) >= 11 is 0.